The quantitative estimate of drug-likeness (QED) is 0.657. The summed E-state index contributed by atoms with van der Waals surface area (Å²) in [6, 6.07) is 11.1. The van der Waals surface area contributed by atoms with Crippen molar-refractivity contribution in [3.63, 3.8) is 0 Å². The third-order valence-electron chi connectivity index (χ3n) is 5.36. The first-order chi connectivity index (χ1) is 14.6. The normalized spacial score (nSPS) is 18.6. The molecule has 1 saturated heterocycles. The van der Waals surface area contributed by atoms with Gasteiger partial charge >= 0.3 is 0 Å². The van der Waals surface area contributed by atoms with E-state index in [1.807, 2.05) is 30.9 Å². The fraction of sp³-hybridized carbons (Fsp3) is 0.333. The van der Waals surface area contributed by atoms with E-state index < -0.39 is 0 Å². The number of nitrogens with zero attached hydrogens (tertiary/aromatic N) is 7. The van der Waals surface area contributed by atoms with Crippen LogP contribution in [0.15, 0.2) is 42.9 Å². The van der Waals surface area contributed by atoms with Crippen molar-refractivity contribution in [2.45, 2.75) is 38.8 Å². The molecule has 9 nitrogen and oxygen atoms in total. The highest BCUT2D eigenvalue weighted by Gasteiger charge is 2.32. The van der Waals surface area contributed by atoms with E-state index in [2.05, 4.69) is 26.5 Å². The molecule has 4 rings (SSSR count). The van der Waals surface area contributed by atoms with E-state index in [4.69, 9.17) is 4.74 Å². The van der Waals surface area contributed by atoms with Crippen LogP contribution in [0.1, 0.15) is 41.3 Å². The molecular formula is C21H21N7O2. The zero-order chi connectivity index (χ0) is 21.1. The topological polar surface area (TPSA) is 110 Å². The monoisotopic (exact) mass is 403 g/mol. The van der Waals surface area contributed by atoms with E-state index in [0.717, 1.165) is 12.8 Å². The van der Waals surface area contributed by atoms with Gasteiger partial charge in [-0.15, -0.1) is 15.0 Å². The molecule has 3 heterocycles. The minimum absolute atomic E-state index is 0.0635. The molecule has 1 aliphatic rings. The van der Waals surface area contributed by atoms with Gasteiger partial charge < -0.3 is 9.64 Å². The van der Waals surface area contributed by atoms with Crippen molar-refractivity contribution in [3.05, 3.63) is 59.5 Å². The number of carbonyl (C=O) groups is 1. The van der Waals surface area contributed by atoms with Gasteiger partial charge in [-0.2, -0.15) is 5.26 Å². The predicted molar refractivity (Wildman–Crippen MR) is 107 cm³/mol. The largest absolute Gasteiger partial charge is 0.472 e. The molecular weight excluding hydrogens is 382 g/mol. The Morgan fingerprint density at radius 2 is 2.10 bits per heavy atom. The number of tetrazole rings is 1. The smallest absolute Gasteiger partial charge is 0.256 e. The molecule has 0 bridgehead atoms. The molecule has 0 aliphatic carbocycles. The predicted octanol–water partition coefficient (Wildman–Crippen LogP) is 2.31. The van der Waals surface area contributed by atoms with Crippen LogP contribution < -0.4 is 4.74 Å². The van der Waals surface area contributed by atoms with Crippen LogP contribution in [0.3, 0.4) is 0 Å². The summed E-state index contributed by atoms with van der Waals surface area (Å²) in [5.41, 5.74) is 2.32. The van der Waals surface area contributed by atoms with E-state index >= 15 is 0 Å². The Kier molecular flexibility index (Phi) is 5.39. The molecule has 3 aromatic rings. The van der Waals surface area contributed by atoms with Crippen LogP contribution >= 0.6 is 0 Å². The Hall–Kier alpha value is -3.80. The molecule has 1 aliphatic heterocycles. The highest BCUT2D eigenvalue weighted by molar-refractivity contribution is 5.98. The number of likely N-dealkylation sites (tertiary alicyclic amines) is 1. The van der Waals surface area contributed by atoms with Crippen LogP contribution in [0.4, 0.5) is 0 Å². The number of aromatic nitrogens is 5. The van der Waals surface area contributed by atoms with Gasteiger partial charge in [-0.3, -0.25) is 4.79 Å². The molecule has 0 radical (unpaired) electrons. The summed E-state index contributed by atoms with van der Waals surface area (Å²) in [5, 5.41) is 20.9. The summed E-state index contributed by atoms with van der Waals surface area (Å²) < 4.78 is 6.10. The maximum Gasteiger partial charge on any atom is 0.256 e. The molecule has 2 atom stereocenters. The number of hydrogen-bond donors (Lipinski definition) is 0. The minimum Gasteiger partial charge on any atom is -0.472 e. The average Bonchev–Trinajstić information content (AvgIpc) is 3.31. The first kappa shape index (κ1) is 19.5. The lowest BCUT2D eigenvalue weighted by molar-refractivity contribution is 0.0371. The summed E-state index contributed by atoms with van der Waals surface area (Å²) in [4.78, 5) is 20.8. The van der Waals surface area contributed by atoms with Crippen LogP contribution in [0.2, 0.25) is 0 Å². The van der Waals surface area contributed by atoms with Crippen molar-refractivity contribution in [1.82, 2.24) is 30.1 Å². The van der Waals surface area contributed by atoms with Crippen molar-refractivity contribution < 1.29 is 9.53 Å². The average molecular weight is 403 g/mol. The molecule has 0 N–H and O–H groups in total. The van der Waals surface area contributed by atoms with Crippen LogP contribution in [-0.2, 0) is 0 Å². The number of pyridine rings is 1. The molecule has 0 saturated carbocycles. The van der Waals surface area contributed by atoms with Crippen molar-refractivity contribution >= 4 is 5.91 Å². The van der Waals surface area contributed by atoms with Gasteiger partial charge in [-0.25, -0.2) is 4.98 Å². The van der Waals surface area contributed by atoms with Crippen LogP contribution in [0.25, 0.3) is 5.69 Å². The molecule has 30 heavy (non-hydrogen) atoms. The zero-order valence-electron chi connectivity index (χ0n) is 16.8. The highest BCUT2D eigenvalue weighted by Crippen LogP contribution is 2.26. The molecule has 0 unspecified atom stereocenters. The van der Waals surface area contributed by atoms with Gasteiger partial charge in [0.15, 0.2) is 6.33 Å². The first-order valence-electron chi connectivity index (χ1n) is 9.74. The van der Waals surface area contributed by atoms with E-state index in [9.17, 15) is 10.1 Å². The van der Waals surface area contributed by atoms with Gasteiger partial charge in [0.2, 0.25) is 5.88 Å². The Morgan fingerprint density at radius 3 is 2.87 bits per heavy atom. The molecule has 1 fully saturated rings. The van der Waals surface area contributed by atoms with Gasteiger partial charge in [0.1, 0.15) is 11.8 Å². The van der Waals surface area contributed by atoms with E-state index in [0.29, 0.717) is 34.8 Å². The van der Waals surface area contributed by atoms with Crippen LogP contribution in [-0.4, -0.2) is 54.7 Å². The number of ether oxygens (including phenoxy) is 1. The number of amides is 1. The molecule has 2 aromatic heterocycles. The molecule has 1 amide bonds. The highest BCUT2D eigenvalue weighted by atomic mass is 16.5. The number of hydrogen-bond acceptors (Lipinski definition) is 7. The second-order valence-corrected chi connectivity index (χ2v) is 7.27. The third-order valence-corrected chi connectivity index (χ3v) is 5.36. The molecule has 152 valence electrons. The maximum absolute atomic E-state index is 13.4. The van der Waals surface area contributed by atoms with Gasteiger partial charge in [-0.1, -0.05) is 12.1 Å². The lowest BCUT2D eigenvalue weighted by Crippen LogP contribution is -2.49. The maximum atomic E-state index is 13.4. The van der Waals surface area contributed by atoms with Crippen LogP contribution in [0, 0.1) is 18.3 Å². The fourth-order valence-electron chi connectivity index (χ4n) is 3.63. The van der Waals surface area contributed by atoms with Crippen molar-refractivity contribution in [1.29, 1.82) is 5.26 Å². The van der Waals surface area contributed by atoms with E-state index in [1.54, 1.807) is 24.4 Å². The first-order valence-corrected chi connectivity index (χ1v) is 9.74. The van der Waals surface area contributed by atoms with E-state index in [-0.39, 0.29) is 18.1 Å². The number of nitriles is 1. The van der Waals surface area contributed by atoms with Crippen molar-refractivity contribution in [2.75, 3.05) is 6.54 Å². The Bertz CT molecular complexity index is 1090. The number of piperidine rings is 1. The Labute approximate surface area is 173 Å². The van der Waals surface area contributed by atoms with Gasteiger partial charge in [-0.05, 0) is 50.1 Å². The SMILES string of the molecule is Cc1c(C#N)ccnc1O[C@@H]1CC[C@@H](C)N(C(=O)c2ccccc2-n2ncnn2)C1. The Morgan fingerprint density at radius 1 is 1.27 bits per heavy atom. The summed E-state index contributed by atoms with van der Waals surface area (Å²) in [6.45, 7) is 4.28. The number of benzene rings is 1. The lowest BCUT2D eigenvalue weighted by atomic mass is 9.99. The summed E-state index contributed by atoms with van der Waals surface area (Å²) >= 11 is 0. The minimum atomic E-state index is -0.207. The number of carbonyl (C=O) groups excluding carboxylic acids is 1. The summed E-state index contributed by atoms with van der Waals surface area (Å²) in [6.07, 6.45) is 4.30. The summed E-state index contributed by atoms with van der Waals surface area (Å²) in [5.74, 6) is 0.326. The second kappa shape index (κ2) is 8.29. The zero-order valence-corrected chi connectivity index (χ0v) is 16.8. The summed E-state index contributed by atoms with van der Waals surface area (Å²) in [7, 11) is 0. The third kappa shape index (κ3) is 3.72. The van der Waals surface area contributed by atoms with E-state index in [1.165, 1.54) is 11.1 Å². The standard InChI is InChI=1S/C21H21N7O2/c1-14-7-8-17(30-20-15(2)16(11-22)9-10-23-20)12-27(14)21(29)18-5-3-4-6-19(18)28-25-13-24-26-28/h3-6,9-10,13-14,17H,7-8,12H2,1-2H3/t14-,17-/m1/s1. The van der Waals surface area contributed by atoms with Gasteiger partial charge in [0, 0.05) is 17.8 Å². The van der Waals surface area contributed by atoms with Gasteiger partial charge in [0.25, 0.3) is 5.91 Å². The molecule has 1 aromatic carbocycles. The Balaban J connectivity index is 1.57. The number of para-hydroxylation sites is 1. The van der Waals surface area contributed by atoms with Crippen LogP contribution in [0.5, 0.6) is 5.88 Å². The molecule has 0 spiro atoms. The fourth-order valence-corrected chi connectivity index (χ4v) is 3.63. The lowest BCUT2D eigenvalue weighted by Gasteiger charge is -2.38. The van der Waals surface area contributed by atoms with Gasteiger partial charge in [0.05, 0.1) is 23.7 Å². The second-order valence-electron chi connectivity index (χ2n) is 7.27. The molecule has 9 heteroatoms. The van der Waals surface area contributed by atoms with Crippen molar-refractivity contribution in [2.24, 2.45) is 0 Å². The number of rotatable bonds is 4. The van der Waals surface area contributed by atoms with Crippen molar-refractivity contribution in [3.8, 4) is 17.6 Å².